The zero-order valence-electron chi connectivity index (χ0n) is 17.1. The van der Waals surface area contributed by atoms with Gasteiger partial charge in [-0.2, -0.15) is 5.10 Å². The molecular formula is C23H14ClI2N3O4S. The molecule has 11 heteroatoms. The molecule has 7 nitrogen and oxygen atoms in total. The number of carbonyl (C=O) groups is 1. The number of hydrogen-bond donors (Lipinski definition) is 1. The Labute approximate surface area is 230 Å². The van der Waals surface area contributed by atoms with Crippen LogP contribution < -0.4 is 10.2 Å². The summed E-state index contributed by atoms with van der Waals surface area (Å²) < 4.78 is 8.57. The van der Waals surface area contributed by atoms with Crippen LogP contribution in [-0.4, -0.2) is 17.0 Å². The number of rotatable bonds is 7. The molecule has 0 bridgehead atoms. The average Bonchev–Trinajstić information content (AvgIpc) is 3.23. The number of nitrogens with zero attached hydrogens (tertiary/aromatic N) is 2. The third-order valence-electron chi connectivity index (χ3n) is 4.66. The van der Waals surface area contributed by atoms with Gasteiger partial charge in [-0.1, -0.05) is 29.8 Å². The van der Waals surface area contributed by atoms with Gasteiger partial charge in [-0.3, -0.25) is 14.9 Å². The average molecular weight is 718 g/mol. The lowest BCUT2D eigenvalue weighted by molar-refractivity contribution is -0.384. The first-order valence-corrected chi connectivity index (χ1v) is 13.0. The molecule has 0 aliphatic carbocycles. The number of nitro groups is 1. The van der Waals surface area contributed by atoms with Gasteiger partial charge in [0.1, 0.15) is 12.4 Å². The number of carbonyl (C=O) groups excluding carboxylic acids is 1. The van der Waals surface area contributed by atoms with Crippen molar-refractivity contribution in [2.75, 3.05) is 0 Å². The van der Waals surface area contributed by atoms with Gasteiger partial charge >= 0.3 is 0 Å². The Kier molecular flexibility index (Phi) is 8.01. The third-order valence-corrected chi connectivity index (χ3v) is 7.75. The maximum Gasteiger partial charge on any atom is 0.281 e. The van der Waals surface area contributed by atoms with Crippen molar-refractivity contribution in [3.05, 3.63) is 98.9 Å². The standard InChI is InChI=1S/C23H14ClI2N3O4S/c24-17-4-2-1-3-14(17)12-33-22-18(25)7-13(8-19(22)26)11-27-28-23(30)21-10-15-9-16(29(31)32)5-6-20(15)34-21/h1-11H,12H2,(H,28,30)/b27-11-. The number of fused-ring (bicyclic) bond motifs is 1. The number of benzene rings is 3. The van der Waals surface area contributed by atoms with Crippen LogP contribution in [0.3, 0.4) is 0 Å². The molecule has 172 valence electrons. The van der Waals surface area contributed by atoms with Gasteiger partial charge in [-0.15, -0.1) is 11.3 Å². The number of halogens is 3. The van der Waals surface area contributed by atoms with Gasteiger partial charge in [0.05, 0.1) is 23.2 Å². The minimum absolute atomic E-state index is 0.0150. The van der Waals surface area contributed by atoms with Crippen molar-refractivity contribution in [2.24, 2.45) is 5.10 Å². The highest BCUT2D eigenvalue weighted by Crippen LogP contribution is 2.31. The monoisotopic (exact) mass is 717 g/mol. The van der Waals surface area contributed by atoms with Crippen LogP contribution in [0, 0.1) is 17.3 Å². The number of hydrazone groups is 1. The highest BCUT2D eigenvalue weighted by molar-refractivity contribution is 14.1. The first-order chi connectivity index (χ1) is 16.3. The zero-order valence-corrected chi connectivity index (χ0v) is 23.0. The molecule has 4 aromatic rings. The van der Waals surface area contributed by atoms with Gasteiger partial charge in [-0.05, 0) is 81.1 Å². The van der Waals surface area contributed by atoms with Crippen LogP contribution in [0.1, 0.15) is 20.8 Å². The fourth-order valence-corrected chi connectivity index (χ4v) is 6.28. The largest absolute Gasteiger partial charge is 0.487 e. The molecule has 0 atom stereocenters. The van der Waals surface area contributed by atoms with Gasteiger partial charge in [0.2, 0.25) is 0 Å². The Bertz CT molecular complexity index is 1420. The Hall–Kier alpha value is -2.29. The SMILES string of the molecule is O=C(N/N=C\c1cc(I)c(OCc2ccccc2Cl)c(I)c1)c1cc2cc([N+](=O)[O-])ccc2s1. The molecule has 1 amide bonds. The fourth-order valence-electron chi connectivity index (χ4n) is 3.03. The first-order valence-electron chi connectivity index (χ1n) is 9.68. The summed E-state index contributed by atoms with van der Waals surface area (Å²) in [5, 5.41) is 16.3. The van der Waals surface area contributed by atoms with Crippen LogP contribution in [0.15, 0.2) is 65.8 Å². The van der Waals surface area contributed by atoms with Crippen molar-refractivity contribution in [2.45, 2.75) is 6.61 Å². The van der Waals surface area contributed by atoms with E-state index in [0.29, 0.717) is 21.9 Å². The van der Waals surface area contributed by atoms with Crippen molar-refractivity contribution in [1.29, 1.82) is 0 Å². The highest BCUT2D eigenvalue weighted by Gasteiger charge is 2.13. The summed E-state index contributed by atoms with van der Waals surface area (Å²) in [6.07, 6.45) is 1.55. The summed E-state index contributed by atoms with van der Waals surface area (Å²) in [7, 11) is 0. The van der Waals surface area contributed by atoms with E-state index in [0.717, 1.165) is 28.7 Å². The van der Waals surface area contributed by atoms with Gasteiger partial charge in [0, 0.05) is 32.8 Å². The molecule has 3 aromatic carbocycles. The normalized spacial score (nSPS) is 11.1. The number of nitro benzene ring substituents is 1. The quantitative estimate of drug-likeness (QED) is 0.0964. The Morgan fingerprint density at radius 1 is 1.15 bits per heavy atom. The van der Waals surface area contributed by atoms with E-state index < -0.39 is 4.92 Å². The van der Waals surface area contributed by atoms with Crippen LogP contribution in [0.5, 0.6) is 5.75 Å². The van der Waals surface area contributed by atoms with E-state index in [1.54, 1.807) is 18.3 Å². The lowest BCUT2D eigenvalue weighted by Crippen LogP contribution is -2.16. The molecule has 4 rings (SSSR count). The van der Waals surface area contributed by atoms with Crippen LogP contribution in [0.4, 0.5) is 5.69 Å². The van der Waals surface area contributed by atoms with Crippen LogP contribution in [-0.2, 0) is 6.61 Å². The zero-order chi connectivity index (χ0) is 24.2. The Morgan fingerprint density at radius 3 is 2.59 bits per heavy atom. The number of ether oxygens (including phenoxy) is 1. The van der Waals surface area contributed by atoms with E-state index in [1.165, 1.54) is 23.5 Å². The molecule has 0 fully saturated rings. The number of nitrogens with one attached hydrogen (secondary N) is 1. The maximum atomic E-state index is 12.5. The van der Waals surface area contributed by atoms with Gasteiger partial charge in [-0.25, -0.2) is 5.43 Å². The molecule has 0 aliphatic rings. The van der Waals surface area contributed by atoms with Crippen LogP contribution in [0.2, 0.25) is 5.02 Å². The van der Waals surface area contributed by atoms with Crippen molar-refractivity contribution in [3.63, 3.8) is 0 Å². The predicted molar refractivity (Wildman–Crippen MR) is 151 cm³/mol. The molecule has 34 heavy (non-hydrogen) atoms. The lowest BCUT2D eigenvalue weighted by Gasteiger charge is -2.12. The summed E-state index contributed by atoms with van der Waals surface area (Å²) in [6, 6.07) is 17.5. The predicted octanol–water partition coefficient (Wildman–Crippen LogP) is 7.02. The summed E-state index contributed by atoms with van der Waals surface area (Å²) in [4.78, 5) is 23.4. The maximum absolute atomic E-state index is 12.5. The molecule has 0 saturated heterocycles. The van der Waals surface area contributed by atoms with E-state index in [-0.39, 0.29) is 11.6 Å². The minimum Gasteiger partial charge on any atom is -0.487 e. The van der Waals surface area contributed by atoms with E-state index in [4.69, 9.17) is 16.3 Å². The van der Waals surface area contributed by atoms with Crippen molar-refractivity contribution in [3.8, 4) is 5.75 Å². The van der Waals surface area contributed by atoms with E-state index >= 15 is 0 Å². The fraction of sp³-hybridized carbons (Fsp3) is 0.0435. The molecule has 0 unspecified atom stereocenters. The molecule has 1 aromatic heterocycles. The molecular weight excluding hydrogens is 704 g/mol. The molecule has 1 N–H and O–H groups in total. The Balaban J connectivity index is 1.42. The van der Waals surface area contributed by atoms with Crippen molar-refractivity contribution >= 4 is 96.0 Å². The van der Waals surface area contributed by atoms with Crippen LogP contribution in [0.25, 0.3) is 10.1 Å². The second-order valence-corrected chi connectivity index (χ2v) is 10.8. The van der Waals surface area contributed by atoms with E-state index in [9.17, 15) is 14.9 Å². The summed E-state index contributed by atoms with van der Waals surface area (Å²) in [6.45, 7) is 0.355. The molecule has 0 saturated carbocycles. The molecule has 1 heterocycles. The topological polar surface area (TPSA) is 93.8 Å². The van der Waals surface area contributed by atoms with Crippen molar-refractivity contribution < 1.29 is 14.5 Å². The van der Waals surface area contributed by atoms with E-state index in [2.05, 4.69) is 55.7 Å². The third kappa shape index (κ3) is 5.85. The van der Waals surface area contributed by atoms with Crippen LogP contribution >= 0.6 is 68.1 Å². The first kappa shape index (κ1) is 24.8. The second-order valence-electron chi connectivity index (χ2n) is 6.98. The number of thiophene rings is 1. The van der Waals surface area contributed by atoms with E-state index in [1.807, 2.05) is 36.4 Å². The summed E-state index contributed by atoms with van der Waals surface area (Å²) >= 11 is 11.8. The lowest BCUT2D eigenvalue weighted by atomic mass is 10.2. The van der Waals surface area contributed by atoms with Crippen molar-refractivity contribution in [1.82, 2.24) is 5.43 Å². The summed E-state index contributed by atoms with van der Waals surface area (Å²) in [5.74, 6) is 0.367. The van der Waals surface area contributed by atoms with Gasteiger partial charge < -0.3 is 4.74 Å². The highest BCUT2D eigenvalue weighted by atomic mass is 127. The number of amides is 1. The molecule has 0 radical (unpaired) electrons. The molecule has 0 spiro atoms. The number of hydrogen-bond acceptors (Lipinski definition) is 6. The Morgan fingerprint density at radius 2 is 1.88 bits per heavy atom. The molecule has 0 aliphatic heterocycles. The smallest absolute Gasteiger partial charge is 0.281 e. The minimum atomic E-state index is -0.461. The van der Waals surface area contributed by atoms with Gasteiger partial charge in [0.25, 0.3) is 11.6 Å². The number of non-ortho nitro benzene ring substituents is 1. The second kappa shape index (κ2) is 11.0. The summed E-state index contributed by atoms with van der Waals surface area (Å²) in [5.41, 5.74) is 4.19. The van der Waals surface area contributed by atoms with Gasteiger partial charge in [0.15, 0.2) is 0 Å².